The summed E-state index contributed by atoms with van der Waals surface area (Å²) in [5.74, 6) is 0.752. The monoisotopic (exact) mass is 358 g/mol. The molecule has 2 aromatic rings. The van der Waals surface area contributed by atoms with Crippen molar-refractivity contribution >= 4 is 23.2 Å². The summed E-state index contributed by atoms with van der Waals surface area (Å²) in [6.07, 6.45) is 2.02. The molecule has 5 heteroatoms. The summed E-state index contributed by atoms with van der Waals surface area (Å²) in [6, 6.07) is 15.0. The zero-order valence-electron chi connectivity index (χ0n) is 14.1. The number of aromatic hydroxyl groups is 1. The van der Waals surface area contributed by atoms with E-state index in [1.807, 2.05) is 36.4 Å². The van der Waals surface area contributed by atoms with Gasteiger partial charge >= 0.3 is 0 Å². The molecule has 2 aromatic carbocycles. The summed E-state index contributed by atoms with van der Waals surface area (Å²) in [4.78, 5) is 14.4. The molecule has 1 fully saturated rings. The molecule has 0 bridgehead atoms. The molecular formula is C20H23ClN2O2. The van der Waals surface area contributed by atoms with Crippen molar-refractivity contribution in [3.63, 3.8) is 0 Å². The molecule has 0 spiro atoms. The number of nitrogens with one attached hydrogen (secondary N) is 1. The first-order chi connectivity index (χ1) is 12.1. The Bertz CT molecular complexity index is 718. The van der Waals surface area contributed by atoms with Gasteiger partial charge in [-0.25, -0.2) is 0 Å². The molecule has 1 aliphatic heterocycles. The molecule has 0 aromatic heterocycles. The van der Waals surface area contributed by atoms with Crippen LogP contribution in [0.2, 0.25) is 5.02 Å². The van der Waals surface area contributed by atoms with Crippen molar-refractivity contribution in [1.29, 1.82) is 0 Å². The second kappa shape index (κ2) is 8.26. The van der Waals surface area contributed by atoms with Crippen molar-refractivity contribution in [3.8, 4) is 5.75 Å². The number of para-hydroxylation sites is 1. The lowest BCUT2D eigenvalue weighted by Gasteiger charge is -2.19. The van der Waals surface area contributed by atoms with Crippen LogP contribution in [0.5, 0.6) is 5.75 Å². The first kappa shape index (κ1) is 17.6. The van der Waals surface area contributed by atoms with Crippen molar-refractivity contribution in [2.45, 2.75) is 19.3 Å². The summed E-state index contributed by atoms with van der Waals surface area (Å²) in [7, 11) is 0. The molecule has 1 saturated heterocycles. The first-order valence-electron chi connectivity index (χ1n) is 8.66. The molecule has 2 N–H and O–H groups in total. The van der Waals surface area contributed by atoms with Crippen LogP contribution in [0.25, 0.3) is 0 Å². The molecule has 1 heterocycles. The van der Waals surface area contributed by atoms with Gasteiger partial charge in [0.2, 0.25) is 5.91 Å². The number of carbonyl (C=O) groups is 1. The number of anilines is 1. The van der Waals surface area contributed by atoms with E-state index in [1.54, 1.807) is 12.1 Å². The highest BCUT2D eigenvalue weighted by Crippen LogP contribution is 2.25. The zero-order chi connectivity index (χ0) is 17.6. The molecule has 1 unspecified atom stereocenters. The summed E-state index contributed by atoms with van der Waals surface area (Å²) in [6.45, 7) is 2.64. The fourth-order valence-corrected chi connectivity index (χ4v) is 3.33. The van der Waals surface area contributed by atoms with Crippen molar-refractivity contribution in [1.82, 2.24) is 5.32 Å². The minimum atomic E-state index is 0.0354. The highest BCUT2D eigenvalue weighted by atomic mass is 35.5. The van der Waals surface area contributed by atoms with Crippen molar-refractivity contribution in [2.24, 2.45) is 5.92 Å². The molecule has 1 amide bonds. The molecule has 0 radical (unpaired) electrons. The largest absolute Gasteiger partial charge is 0.508 e. The summed E-state index contributed by atoms with van der Waals surface area (Å²) >= 11 is 5.93. The Labute approximate surface area is 153 Å². The summed E-state index contributed by atoms with van der Waals surface area (Å²) < 4.78 is 0. The number of phenols is 1. The normalized spacial score (nSPS) is 16.8. The number of hydrogen-bond acceptors (Lipinski definition) is 3. The van der Waals surface area contributed by atoms with Gasteiger partial charge in [0.1, 0.15) is 5.75 Å². The Balaban J connectivity index is 1.41. The Morgan fingerprint density at radius 1 is 1.20 bits per heavy atom. The SMILES string of the molecule is O=C(CCc1ccccc1O)NCC1CCN(c2ccc(Cl)cc2)C1. The van der Waals surface area contributed by atoms with E-state index in [4.69, 9.17) is 11.6 Å². The average Bonchev–Trinajstić information content (AvgIpc) is 3.09. The third kappa shape index (κ3) is 4.89. The van der Waals surface area contributed by atoms with Gasteiger partial charge in [0.05, 0.1) is 0 Å². The number of halogens is 1. The maximum Gasteiger partial charge on any atom is 0.220 e. The predicted molar refractivity (Wildman–Crippen MR) is 101 cm³/mol. The van der Waals surface area contributed by atoms with Crippen molar-refractivity contribution in [3.05, 3.63) is 59.1 Å². The molecule has 25 heavy (non-hydrogen) atoms. The van der Waals surface area contributed by atoms with Crippen molar-refractivity contribution in [2.75, 3.05) is 24.5 Å². The van der Waals surface area contributed by atoms with Crippen LogP contribution < -0.4 is 10.2 Å². The van der Waals surface area contributed by atoms with Gasteiger partial charge in [0.25, 0.3) is 0 Å². The van der Waals surface area contributed by atoms with Gasteiger partial charge in [0, 0.05) is 36.8 Å². The fraction of sp³-hybridized carbons (Fsp3) is 0.350. The Kier molecular flexibility index (Phi) is 5.82. The molecule has 1 aliphatic rings. The average molecular weight is 359 g/mol. The van der Waals surface area contributed by atoms with Crippen LogP contribution in [-0.2, 0) is 11.2 Å². The molecule has 1 atom stereocenters. The molecular weight excluding hydrogens is 336 g/mol. The standard InChI is InChI=1S/C20H23ClN2O2/c21-17-6-8-18(9-7-17)23-12-11-15(14-23)13-22-20(25)10-5-16-3-1-2-4-19(16)24/h1-4,6-9,15,24H,5,10-14H2,(H,22,25). The molecule has 4 nitrogen and oxygen atoms in total. The highest BCUT2D eigenvalue weighted by Gasteiger charge is 2.23. The van der Waals surface area contributed by atoms with E-state index in [-0.39, 0.29) is 11.7 Å². The molecule has 0 saturated carbocycles. The lowest BCUT2D eigenvalue weighted by Crippen LogP contribution is -2.31. The number of benzene rings is 2. The van der Waals surface area contributed by atoms with Crippen LogP contribution in [0.4, 0.5) is 5.69 Å². The molecule has 132 valence electrons. The minimum Gasteiger partial charge on any atom is -0.508 e. The van der Waals surface area contributed by atoms with Gasteiger partial charge in [-0.2, -0.15) is 0 Å². The number of amides is 1. The van der Waals surface area contributed by atoms with Crippen LogP contribution in [0.3, 0.4) is 0 Å². The summed E-state index contributed by atoms with van der Waals surface area (Å²) in [5, 5.41) is 13.5. The van der Waals surface area contributed by atoms with Crippen LogP contribution in [0.1, 0.15) is 18.4 Å². The number of aryl methyl sites for hydroxylation is 1. The van der Waals surface area contributed by atoms with Gasteiger partial charge in [-0.05, 0) is 54.7 Å². The predicted octanol–water partition coefficient (Wildman–Crippen LogP) is 3.62. The second-order valence-electron chi connectivity index (χ2n) is 6.51. The number of nitrogens with zero attached hydrogens (tertiary/aromatic N) is 1. The lowest BCUT2D eigenvalue weighted by molar-refractivity contribution is -0.121. The zero-order valence-corrected chi connectivity index (χ0v) is 14.9. The van der Waals surface area contributed by atoms with E-state index in [2.05, 4.69) is 10.2 Å². The number of phenolic OH excluding ortho intramolecular Hbond substituents is 1. The lowest BCUT2D eigenvalue weighted by atomic mass is 10.1. The Hall–Kier alpha value is -2.20. The number of rotatable bonds is 6. The van der Waals surface area contributed by atoms with Crippen LogP contribution in [0, 0.1) is 5.92 Å². The maximum atomic E-state index is 12.1. The maximum absolute atomic E-state index is 12.1. The van der Waals surface area contributed by atoms with Gasteiger partial charge < -0.3 is 15.3 Å². The van der Waals surface area contributed by atoms with E-state index < -0.39 is 0 Å². The van der Waals surface area contributed by atoms with Gasteiger partial charge in [-0.3, -0.25) is 4.79 Å². The third-order valence-electron chi connectivity index (χ3n) is 4.68. The first-order valence-corrected chi connectivity index (χ1v) is 9.03. The van der Waals surface area contributed by atoms with Gasteiger partial charge in [-0.15, -0.1) is 0 Å². The van der Waals surface area contributed by atoms with Gasteiger partial charge in [-0.1, -0.05) is 29.8 Å². The minimum absolute atomic E-state index is 0.0354. The fourth-order valence-electron chi connectivity index (χ4n) is 3.20. The quantitative estimate of drug-likeness (QED) is 0.829. The topological polar surface area (TPSA) is 52.6 Å². The third-order valence-corrected chi connectivity index (χ3v) is 4.93. The van der Waals surface area contributed by atoms with E-state index >= 15 is 0 Å². The highest BCUT2D eigenvalue weighted by molar-refractivity contribution is 6.30. The number of hydrogen-bond donors (Lipinski definition) is 2. The van der Waals surface area contributed by atoms with Crippen LogP contribution in [0.15, 0.2) is 48.5 Å². The Morgan fingerprint density at radius 2 is 1.96 bits per heavy atom. The van der Waals surface area contributed by atoms with E-state index in [0.29, 0.717) is 25.3 Å². The molecule has 3 rings (SSSR count). The second-order valence-corrected chi connectivity index (χ2v) is 6.95. The molecule has 0 aliphatic carbocycles. The van der Waals surface area contributed by atoms with E-state index in [1.165, 1.54) is 5.69 Å². The van der Waals surface area contributed by atoms with Gasteiger partial charge in [0.15, 0.2) is 0 Å². The van der Waals surface area contributed by atoms with E-state index in [9.17, 15) is 9.90 Å². The van der Waals surface area contributed by atoms with Crippen LogP contribution >= 0.6 is 11.6 Å². The number of carbonyl (C=O) groups excluding carboxylic acids is 1. The summed E-state index contributed by atoms with van der Waals surface area (Å²) in [5.41, 5.74) is 1.99. The van der Waals surface area contributed by atoms with Crippen LogP contribution in [-0.4, -0.2) is 30.6 Å². The smallest absolute Gasteiger partial charge is 0.220 e. The Morgan fingerprint density at radius 3 is 2.72 bits per heavy atom. The van der Waals surface area contributed by atoms with E-state index in [0.717, 1.165) is 30.1 Å². The van der Waals surface area contributed by atoms with Crippen molar-refractivity contribution < 1.29 is 9.90 Å².